The summed E-state index contributed by atoms with van der Waals surface area (Å²) in [6.45, 7) is 0. The fourth-order valence-corrected chi connectivity index (χ4v) is 3.42. The van der Waals surface area contributed by atoms with E-state index in [0.29, 0.717) is 0 Å². The number of hydrogen-bond donors (Lipinski definition) is 1. The van der Waals surface area contributed by atoms with Crippen molar-refractivity contribution in [1.29, 1.82) is 0 Å². The lowest BCUT2D eigenvalue weighted by molar-refractivity contribution is -0.151. The van der Waals surface area contributed by atoms with E-state index in [4.69, 9.17) is 4.74 Å². The predicted molar refractivity (Wildman–Crippen MR) is 69.4 cm³/mol. The number of H-pyrrole nitrogens is 1. The lowest BCUT2D eigenvalue weighted by atomic mass is 9.69. The van der Waals surface area contributed by atoms with Crippen LogP contribution in [0.25, 0.3) is 11.3 Å². The molecule has 1 aliphatic carbocycles. The zero-order valence-corrected chi connectivity index (χ0v) is 10.9. The van der Waals surface area contributed by atoms with Gasteiger partial charge in [-0.15, -0.1) is 11.3 Å². The van der Waals surface area contributed by atoms with Gasteiger partial charge < -0.3 is 9.72 Å². The summed E-state index contributed by atoms with van der Waals surface area (Å²) in [6.07, 6.45) is 6.53. The van der Waals surface area contributed by atoms with E-state index < -0.39 is 5.41 Å². The maximum atomic E-state index is 12.0. The average molecular weight is 262 g/mol. The Balaban J connectivity index is 1.95. The summed E-state index contributed by atoms with van der Waals surface area (Å²) in [7, 11) is 1.45. The monoisotopic (exact) mass is 262 g/mol. The van der Waals surface area contributed by atoms with Gasteiger partial charge in [0.15, 0.2) is 0 Å². The van der Waals surface area contributed by atoms with Crippen LogP contribution in [-0.2, 0) is 14.9 Å². The molecule has 1 aliphatic rings. The van der Waals surface area contributed by atoms with Gasteiger partial charge in [0, 0.05) is 23.3 Å². The quantitative estimate of drug-likeness (QED) is 0.865. The van der Waals surface area contributed by atoms with E-state index in [9.17, 15) is 4.79 Å². The van der Waals surface area contributed by atoms with Crippen molar-refractivity contribution in [3.8, 4) is 11.3 Å². The van der Waals surface area contributed by atoms with Crippen LogP contribution in [0.5, 0.6) is 0 Å². The molecule has 1 saturated carbocycles. The maximum Gasteiger partial charge on any atom is 0.318 e. The molecule has 2 heterocycles. The Morgan fingerprint density at radius 1 is 1.56 bits per heavy atom. The smallest absolute Gasteiger partial charge is 0.318 e. The highest BCUT2D eigenvalue weighted by Gasteiger charge is 2.49. The molecular weight excluding hydrogens is 248 g/mol. The number of nitrogens with zero attached hydrogens (tertiary/aromatic N) is 1. The van der Waals surface area contributed by atoms with Crippen LogP contribution in [0.1, 0.15) is 24.3 Å². The largest absolute Gasteiger partial charge is 0.468 e. The number of rotatable bonds is 3. The molecule has 0 radical (unpaired) electrons. The molecule has 0 amide bonds. The minimum Gasteiger partial charge on any atom is -0.468 e. The van der Waals surface area contributed by atoms with E-state index in [1.54, 1.807) is 11.3 Å². The Morgan fingerprint density at radius 3 is 2.94 bits per heavy atom. The fraction of sp³-hybridized carbons (Fsp3) is 0.385. The average Bonchev–Trinajstić information content (AvgIpc) is 2.97. The van der Waals surface area contributed by atoms with Crippen molar-refractivity contribution in [3.63, 3.8) is 0 Å². The SMILES string of the molecule is COC(=O)C1(c2nc(-c3cc[nH]c3)cs2)CCC1. The molecule has 1 fully saturated rings. The van der Waals surface area contributed by atoms with Crippen LogP contribution in [0.15, 0.2) is 23.8 Å². The molecule has 0 spiro atoms. The molecule has 18 heavy (non-hydrogen) atoms. The van der Waals surface area contributed by atoms with Crippen LogP contribution >= 0.6 is 11.3 Å². The van der Waals surface area contributed by atoms with Crippen molar-refractivity contribution >= 4 is 17.3 Å². The number of nitrogens with one attached hydrogen (secondary N) is 1. The maximum absolute atomic E-state index is 12.0. The second-order valence-electron chi connectivity index (χ2n) is 4.56. The third-order valence-corrected chi connectivity index (χ3v) is 4.64. The van der Waals surface area contributed by atoms with Crippen LogP contribution in [0, 0.1) is 0 Å². The Bertz CT molecular complexity index is 555. The molecule has 5 heteroatoms. The number of esters is 1. The summed E-state index contributed by atoms with van der Waals surface area (Å²) in [5, 5.41) is 2.89. The second kappa shape index (κ2) is 4.24. The third-order valence-electron chi connectivity index (χ3n) is 3.59. The molecule has 94 valence electrons. The molecular formula is C13H14N2O2S. The van der Waals surface area contributed by atoms with Crippen LogP contribution in [0.2, 0.25) is 0 Å². The first-order valence-corrected chi connectivity index (χ1v) is 6.82. The first kappa shape index (κ1) is 11.5. The number of aromatic nitrogens is 2. The van der Waals surface area contributed by atoms with E-state index in [0.717, 1.165) is 35.5 Å². The lowest BCUT2D eigenvalue weighted by Gasteiger charge is -2.36. The minimum atomic E-state index is -0.478. The predicted octanol–water partition coefficient (Wildman–Crippen LogP) is 2.73. The molecule has 0 bridgehead atoms. The Hall–Kier alpha value is -1.62. The Labute approximate surface area is 109 Å². The molecule has 2 aromatic rings. The van der Waals surface area contributed by atoms with E-state index >= 15 is 0 Å². The first-order chi connectivity index (χ1) is 8.76. The number of thiazole rings is 1. The van der Waals surface area contributed by atoms with Gasteiger partial charge in [0.05, 0.1) is 12.8 Å². The number of ether oxygens (including phenoxy) is 1. The summed E-state index contributed by atoms with van der Waals surface area (Å²) >= 11 is 1.55. The topological polar surface area (TPSA) is 55.0 Å². The summed E-state index contributed by atoms with van der Waals surface area (Å²) in [6, 6.07) is 1.98. The number of carbonyl (C=O) groups is 1. The molecule has 0 unspecified atom stereocenters. The van der Waals surface area contributed by atoms with Crippen LogP contribution in [0.4, 0.5) is 0 Å². The molecule has 0 aliphatic heterocycles. The number of hydrogen-bond acceptors (Lipinski definition) is 4. The third kappa shape index (κ3) is 1.58. The number of aromatic amines is 1. The van der Waals surface area contributed by atoms with Gasteiger partial charge >= 0.3 is 5.97 Å². The second-order valence-corrected chi connectivity index (χ2v) is 5.42. The molecule has 0 saturated heterocycles. The number of carbonyl (C=O) groups excluding carboxylic acids is 1. The Morgan fingerprint density at radius 2 is 2.39 bits per heavy atom. The molecule has 0 atom stereocenters. The van der Waals surface area contributed by atoms with Gasteiger partial charge in [0.2, 0.25) is 0 Å². The van der Waals surface area contributed by atoms with Crippen LogP contribution < -0.4 is 0 Å². The van der Waals surface area contributed by atoms with Crippen molar-refractivity contribution in [3.05, 3.63) is 28.8 Å². The summed E-state index contributed by atoms with van der Waals surface area (Å²) in [5.41, 5.74) is 1.50. The van der Waals surface area contributed by atoms with Crippen LogP contribution in [0.3, 0.4) is 0 Å². The van der Waals surface area contributed by atoms with E-state index in [1.165, 1.54) is 7.11 Å². The standard InChI is InChI=1S/C13H14N2O2S/c1-17-12(16)13(4-2-5-13)11-15-10(8-18-11)9-3-6-14-7-9/h3,6-8,14H,2,4-5H2,1H3. The van der Waals surface area contributed by atoms with Gasteiger partial charge in [-0.25, -0.2) is 4.98 Å². The highest BCUT2D eigenvalue weighted by atomic mass is 32.1. The molecule has 0 aromatic carbocycles. The fourth-order valence-electron chi connectivity index (χ4n) is 2.34. The molecule has 1 N–H and O–H groups in total. The van der Waals surface area contributed by atoms with Crippen molar-refractivity contribution < 1.29 is 9.53 Å². The van der Waals surface area contributed by atoms with Gasteiger partial charge in [-0.05, 0) is 18.9 Å². The molecule has 3 rings (SSSR count). The summed E-state index contributed by atoms with van der Waals surface area (Å²) in [4.78, 5) is 19.6. The molecule has 4 nitrogen and oxygen atoms in total. The Kier molecular flexibility index (Phi) is 2.70. The zero-order valence-electron chi connectivity index (χ0n) is 10.1. The normalized spacial score (nSPS) is 17.2. The lowest BCUT2D eigenvalue weighted by Crippen LogP contribution is -2.43. The highest BCUT2D eigenvalue weighted by molar-refractivity contribution is 7.10. The van der Waals surface area contributed by atoms with Crippen molar-refractivity contribution in [2.24, 2.45) is 0 Å². The van der Waals surface area contributed by atoms with E-state index in [1.807, 2.05) is 23.8 Å². The van der Waals surface area contributed by atoms with Crippen molar-refractivity contribution in [2.45, 2.75) is 24.7 Å². The summed E-state index contributed by atoms with van der Waals surface area (Å²) in [5.74, 6) is -0.149. The highest BCUT2D eigenvalue weighted by Crippen LogP contribution is 2.46. The van der Waals surface area contributed by atoms with Gasteiger partial charge in [-0.1, -0.05) is 6.42 Å². The van der Waals surface area contributed by atoms with Gasteiger partial charge in [0.25, 0.3) is 0 Å². The minimum absolute atomic E-state index is 0.149. The molecule has 2 aromatic heterocycles. The van der Waals surface area contributed by atoms with Crippen molar-refractivity contribution in [2.75, 3.05) is 7.11 Å². The van der Waals surface area contributed by atoms with Gasteiger partial charge in [0.1, 0.15) is 10.4 Å². The van der Waals surface area contributed by atoms with Crippen molar-refractivity contribution in [1.82, 2.24) is 9.97 Å². The van der Waals surface area contributed by atoms with Gasteiger partial charge in [-0.3, -0.25) is 4.79 Å². The van der Waals surface area contributed by atoms with E-state index in [2.05, 4.69) is 9.97 Å². The number of methoxy groups -OCH3 is 1. The first-order valence-electron chi connectivity index (χ1n) is 5.94. The van der Waals surface area contributed by atoms with E-state index in [-0.39, 0.29) is 5.97 Å². The van der Waals surface area contributed by atoms with Crippen LogP contribution in [-0.4, -0.2) is 23.0 Å². The van der Waals surface area contributed by atoms with Gasteiger partial charge in [-0.2, -0.15) is 0 Å². The summed E-state index contributed by atoms with van der Waals surface area (Å²) < 4.78 is 4.93. The zero-order chi connectivity index (χ0) is 12.6.